The van der Waals surface area contributed by atoms with Gasteiger partial charge in [-0.2, -0.15) is 0 Å². The van der Waals surface area contributed by atoms with E-state index in [2.05, 4.69) is 10.9 Å². The molecule has 0 atom stereocenters. The third-order valence-electron chi connectivity index (χ3n) is 3.97. The van der Waals surface area contributed by atoms with Crippen LogP contribution >= 0.6 is 11.6 Å². The van der Waals surface area contributed by atoms with E-state index in [1.165, 1.54) is 6.07 Å². The van der Waals surface area contributed by atoms with Gasteiger partial charge in [0, 0.05) is 6.42 Å². The van der Waals surface area contributed by atoms with Crippen LogP contribution in [0.1, 0.15) is 29.2 Å². The number of hydrogen-bond donors (Lipinski definition) is 2. The zero-order valence-corrected chi connectivity index (χ0v) is 16.9. The highest BCUT2D eigenvalue weighted by molar-refractivity contribution is 6.32. The van der Waals surface area contributed by atoms with Crippen LogP contribution in [0.25, 0.3) is 0 Å². The van der Waals surface area contributed by atoms with Gasteiger partial charge in [-0.15, -0.1) is 0 Å². The third kappa shape index (κ3) is 6.56. The number of carbonyl (C=O) groups excluding carboxylic acids is 2. The number of hydrogen-bond acceptors (Lipinski definition) is 5. The Bertz CT molecular complexity index is 974. The molecule has 1 heterocycles. The lowest BCUT2D eigenvalue weighted by Gasteiger charge is -2.08. The predicted molar refractivity (Wildman–Crippen MR) is 111 cm³/mol. The summed E-state index contributed by atoms with van der Waals surface area (Å²) < 4.78 is 16.5. The maximum absolute atomic E-state index is 12.1. The minimum absolute atomic E-state index is 0.0732. The van der Waals surface area contributed by atoms with Crippen molar-refractivity contribution in [3.05, 3.63) is 83.3 Å². The Morgan fingerprint density at radius 1 is 0.900 bits per heavy atom. The standard InChI is InChI=1S/C22H21ClN2O5/c23-18-9-4-5-10-19(18)28-14-6-11-21(26)24-25-22(27)20-13-12-17(30-20)15-29-16-7-2-1-3-8-16/h1-5,7-10,12-13H,6,11,14-15H2,(H,24,26)(H,25,27). The Kier molecular flexibility index (Phi) is 7.74. The van der Waals surface area contributed by atoms with Gasteiger partial charge in [-0.25, -0.2) is 0 Å². The number of nitrogens with one attached hydrogen (secondary N) is 2. The van der Waals surface area contributed by atoms with Crippen LogP contribution in [-0.4, -0.2) is 18.4 Å². The molecule has 2 aromatic carbocycles. The van der Waals surface area contributed by atoms with Gasteiger partial charge in [0.25, 0.3) is 0 Å². The number of benzene rings is 2. The summed E-state index contributed by atoms with van der Waals surface area (Å²) in [6.45, 7) is 0.517. The molecule has 0 fully saturated rings. The molecule has 0 saturated carbocycles. The first-order valence-electron chi connectivity index (χ1n) is 9.35. The summed E-state index contributed by atoms with van der Waals surface area (Å²) >= 11 is 5.99. The molecular formula is C22H21ClN2O5. The van der Waals surface area contributed by atoms with Gasteiger partial charge >= 0.3 is 5.91 Å². The van der Waals surface area contributed by atoms with Crippen molar-refractivity contribution >= 4 is 23.4 Å². The van der Waals surface area contributed by atoms with Crippen molar-refractivity contribution in [2.24, 2.45) is 0 Å². The van der Waals surface area contributed by atoms with E-state index in [1.54, 1.807) is 18.2 Å². The summed E-state index contributed by atoms with van der Waals surface area (Å²) in [6.07, 6.45) is 0.647. The molecule has 0 aliphatic heterocycles. The average molecular weight is 429 g/mol. The molecule has 1 aromatic heterocycles. The molecule has 7 nitrogen and oxygen atoms in total. The molecule has 3 rings (SSSR count). The predicted octanol–water partition coefficient (Wildman–Crippen LogP) is 4.13. The van der Waals surface area contributed by atoms with Crippen LogP contribution in [0, 0.1) is 0 Å². The largest absolute Gasteiger partial charge is 0.492 e. The van der Waals surface area contributed by atoms with Crippen molar-refractivity contribution in [1.29, 1.82) is 0 Å². The molecule has 30 heavy (non-hydrogen) atoms. The van der Waals surface area contributed by atoms with E-state index >= 15 is 0 Å². The first-order valence-corrected chi connectivity index (χ1v) is 9.72. The van der Waals surface area contributed by atoms with E-state index in [1.807, 2.05) is 42.5 Å². The fourth-order valence-corrected chi connectivity index (χ4v) is 2.67. The number of ether oxygens (including phenoxy) is 2. The van der Waals surface area contributed by atoms with Crippen molar-refractivity contribution in [2.75, 3.05) is 6.61 Å². The SMILES string of the molecule is O=C(CCCOc1ccccc1Cl)NNC(=O)c1ccc(COc2ccccc2)o1. The first-order chi connectivity index (χ1) is 14.6. The number of halogens is 1. The summed E-state index contributed by atoms with van der Waals surface area (Å²) in [4.78, 5) is 24.0. The lowest BCUT2D eigenvalue weighted by molar-refractivity contribution is -0.122. The molecule has 0 aliphatic rings. The van der Waals surface area contributed by atoms with Gasteiger partial charge < -0.3 is 13.9 Å². The summed E-state index contributed by atoms with van der Waals surface area (Å²) in [5.74, 6) is 0.936. The van der Waals surface area contributed by atoms with Crippen molar-refractivity contribution in [3.63, 3.8) is 0 Å². The highest BCUT2D eigenvalue weighted by atomic mass is 35.5. The Hall–Kier alpha value is -3.45. The fourth-order valence-electron chi connectivity index (χ4n) is 2.48. The van der Waals surface area contributed by atoms with Crippen LogP contribution in [-0.2, 0) is 11.4 Å². The quantitative estimate of drug-likeness (QED) is 0.395. The topological polar surface area (TPSA) is 89.8 Å². The number of amides is 2. The summed E-state index contributed by atoms with van der Waals surface area (Å²) in [6, 6.07) is 19.5. The van der Waals surface area contributed by atoms with Crippen LogP contribution in [0.4, 0.5) is 0 Å². The lowest BCUT2D eigenvalue weighted by atomic mass is 10.3. The second-order valence-corrected chi connectivity index (χ2v) is 6.66. The third-order valence-corrected chi connectivity index (χ3v) is 4.28. The molecule has 0 unspecified atom stereocenters. The minimum Gasteiger partial charge on any atom is -0.492 e. The van der Waals surface area contributed by atoms with Crippen molar-refractivity contribution in [3.8, 4) is 11.5 Å². The molecular weight excluding hydrogens is 408 g/mol. The molecule has 0 spiro atoms. The Morgan fingerprint density at radius 3 is 2.47 bits per heavy atom. The number of carbonyl (C=O) groups is 2. The Balaban J connectivity index is 1.34. The van der Waals surface area contributed by atoms with Gasteiger partial charge in [0.2, 0.25) is 5.91 Å². The summed E-state index contributed by atoms with van der Waals surface area (Å²) in [5.41, 5.74) is 4.67. The van der Waals surface area contributed by atoms with E-state index in [0.29, 0.717) is 35.3 Å². The molecule has 2 N–H and O–H groups in total. The van der Waals surface area contributed by atoms with E-state index in [-0.39, 0.29) is 24.7 Å². The molecule has 0 saturated heterocycles. The average Bonchev–Trinajstić information content (AvgIpc) is 3.25. The smallest absolute Gasteiger partial charge is 0.305 e. The maximum Gasteiger partial charge on any atom is 0.305 e. The molecule has 0 radical (unpaired) electrons. The van der Waals surface area contributed by atoms with E-state index in [9.17, 15) is 9.59 Å². The van der Waals surface area contributed by atoms with Gasteiger partial charge in [-0.3, -0.25) is 20.4 Å². The summed E-state index contributed by atoms with van der Waals surface area (Å²) in [5, 5.41) is 0.515. The highest BCUT2D eigenvalue weighted by Crippen LogP contribution is 2.23. The fraction of sp³-hybridized carbons (Fsp3) is 0.182. The number of rotatable bonds is 9. The molecule has 2 amide bonds. The Labute approximate surface area is 178 Å². The van der Waals surface area contributed by atoms with Gasteiger partial charge in [-0.05, 0) is 42.8 Å². The zero-order valence-electron chi connectivity index (χ0n) is 16.1. The van der Waals surface area contributed by atoms with E-state index in [0.717, 1.165) is 0 Å². The van der Waals surface area contributed by atoms with Crippen molar-refractivity contribution in [2.45, 2.75) is 19.4 Å². The van der Waals surface area contributed by atoms with Crippen LogP contribution in [0.5, 0.6) is 11.5 Å². The minimum atomic E-state index is -0.554. The van der Waals surface area contributed by atoms with Gasteiger partial charge in [0.15, 0.2) is 5.76 Å². The van der Waals surface area contributed by atoms with Gasteiger partial charge in [0.05, 0.1) is 11.6 Å². The van der Waals surface area contributed by atoms with Crippen molar-refractivity contribution < 1.29 is 23.5 Å². The zero-order chi connectivity index (χ0) is 21.2. The normalized spacial score (nSPS) is 10.3. The first kappa shape index (κ1) is 21.3. The summed E-state index contributed by atoms with van der Waals surface area (Å²) in [7, 11) is 0. The molecule has 0 bridgehead atoms. The lowest BCUT2D eigenvalue weighted by Crippen LogP contribution is -2.41. The van der Waals surface area contributed by atoms with Gasteiger partial charge in [-0.1, -0.05) is 41.9 Å². The van der Waals surface area contributed by atoms with Gasteiger partial charge in [0.1, 0.15) is 23.9 Å². The number of furan rings is 1. The monoisotopic (exact) mass is 428 g/mol. The van der Waals surface area contributed by atoms with E-state index < -0.39 is 5.91 Å². The second kappa shape index (κ2) is 10.9. The van der Waals surface area contributed by atoms with Crippen LogP contribution in [0.15, 0.2) is 71.1 Å². The number of para-hydroxylation sites is 2. The molecule has 156 valence electrons. The second-order valence-electron chi connectivity index (χ2n) is 6.25. The number of hydrazine groups is 1. The van der Waals surface area contributed by atoms with E-state index in [4.69, 9.17) is 25.5 Å². The van der Waals surface area contributed by atoms with Crippen LogP contribution in [0.2, 0.25) is 5.02 Å². The van der Waals surface area contributed by atoms with Crippen LogP contribution in [0.3, 0.4) is 0 Å². The van der Waals surface area contributed by atoms with Crippen LogP contribution < -0.4 is 20.3 Å². The molecule has 8 heteroatoms. The highest BCUT2D eigenvalue weighted by Gasteiger charge is 2.12. The Morgan fingerprint density at radius 2 is 1.67 bits per heavy atom. The van der Waals surface area contributed by atoms with Crippen molar-refractivity contribution in [1.82, 2.24) is 10.9 Å². The molecule has 0 aliphatic carbocycles. The molecule has 3 aromatic rings. The maximum atomic E-state index is 12.1.